The number of ether oxygens (including phenoxy) is 1. The maximum atomic E-state index is 13.9. The summed E-state index contributed by atoms with van der Waals surface area (Å²) in [7, 11) is 1.43. The van der Waals surface area contributed by atoms with Gasteiger partial charge in [0.05, 0.1) is 17.9 Å². The van der Waals surface area contributed by atoms with Crippen LogP contribution in [0.15, 0.2) is 51.7 Å². The molecule has 0 aliphatic heterocycles. The molecule has 174 valence electrons. The van der Waals surface area contributed by atoms with Crippen molar-refractivity contribution >= 4 is 21.8 Å². The van der Waals surface area contributed by atoms with Crippen LogP contribution in [0.2, 0.25) is 0 Å². The van der Waals surface area contributed by atoms with Gasteiger partial charge in [0, 0.05) is 30.4 Å². The Morgan fingerprint density at radius 2 is 1.94 bits per heavy atom. The van der Waals surface area contributed by atoms with Crippen molar-refractivity contribution in [3.05, 3.63) is 91.3 Å². The Kier molecular flexibility index (Phi) is 7.62. The quantitative estimate of drug-likeness (QED) is 0.442. The lowest BCUT2D eigenvalue weighted by molar-refractivity contribution is 0.0941. The number of aliphatic hydroxyl groups is 2. The Morgan fingerprint density at radius 3 is 2.58 bits per heavy atom. The van der Waals surface area contributed by atoms with E-state index in [1.165, 1.54) is 41.9 Å². The molecule has 33 heavy (non-hydrogen) atoms. The Morgan fingerprint density at radius 1 is 1.21 bits per heavy atom. The number of carbonyl (C=O) groups is 1. The van der Waals surface area contributed by atoms with E-state index in [1.807, 2.05) is 0 Å². The van der Waals surface area contributed by atoms with Crippen LogP contribution in [0.1, 0.15) is 33.3 Å². The lowest BCUT2D eigenvalue weighted by Gasteiger charge is -2.18. The van der Waals surface area contributed by atoms with Crippen molar-refractivity contribution in [2.75, 3.05) is 13.7 Å². The number of hydrogen-bond donors (Lipinski definition) is 3. The van der Waals surface area contributed by atoms with Gasteiger partial charge >= 0.3 is 0 Å². The van der Waals surface area contributed by atoms with Crippen LogP contribution in [-0.2, 0) is 6.61 Å². The minimum atomic E-state index is -1.19. The summed E-state index contributed by atoms with van der Waals surface area (Å²) < 4.78 is 33.9. The van der Waals surface area contributed by atoms with E-state index >= 15 is 0 Å². The number of hydrogen-bond acceptors (Lipinski definition) is 5. The van der Waals surface area contributed by atoms with Crippen molar-refractivity contribution in [2.45, 2.75) is 19.6 Å². The zero-order valence-corrected chi connectivity index (χ0v) is 19.3. The first kappa shape index (κ1) is 24.6. The number of nitrogens with zero attached hydrogens (tertiary/aromatic N) is 1. The maximum absolute atomic E-state index is 13.9. The van der Waals surface area contributed by atoms with E-state index in [1.54, 1.807) is 6.92 Å². The highest BCUT2D eigenvalue weighted by Crippen LogP contribution is 2.27. The fraction of sp³-hybridized carbons (Fsp3) is 0.217. The maximum Gasteiger partial charge on any atom is 0.273 e. The van der Waals surface area contributed by atoms with Crippen molar-refractivity contribution in [1.82, 2.24) is 9.88 Å². The predicted octanol–water partition coefficient (Wildman–Crippen LogP) is 3.15. The third-order valence-electron chi connectivity index (χ3n) is 4.99. The SMILES string of the molecule is CNC(=O)c1cc(C(O)CO)ccc1-n1c(C)cc(OCc2ccc(F)cc2F)c(Br)c1=O. The summed E-state index contributed by atoms with van der Waals surface area (Å²) in [5.74, 6) is -1.82. The molecule has 3 N–H and O–H groups in total. The van der Waals surface area contributed by atoms with Crippen molar-refractivity contribution in [1.29, 1.82) is 0 Å². The van der Waals surface area contributed by atoms with Crippen LogP contribution in [0.4, 0.5) is 8.78 Å². The molecule has 0 aliphatic rings. The zero-order chi connectivity index (χ0) is 24.3. The van der Waals surface area contributed by atoms with E-state index in [4.69, 9.17) is 4.74 Å². The van der Waals surface area contributed by atoms with Crippen molar-refractivity contribution in [3.8, 4) is 11.4 Å². The number of nitrogens with one attached hydrogen (secondary N) is 1. The van der Waals surface area contributed by atoms with Gasteiger partial charge in [-0.1, -0.05) is 6.07 Å². The summed E-state index contributed by atoms with van der Waals surface area (Å²) in [6.07, 6.45) is -1.19. The summed E-state index contributed by atoms with van der Waals surface area (Å²) in [5.41, 5.74) is 0.670. The average molecular weight is 523 g/mol. The number of carbonyl (C=O) groups excluding carboxylic acids is 1. The fourth-order valence-electron chi connectivity index (χ4n) is 3.26. The van der Waals surface area contributed by atoms with Crippen molar-refractivity contribution in [3.63, 3.8) is 0 Å². The third kappa shape index (κ3) is 5.13. The van der Waals surface area contributed by atoms with E-state index in [9.17, 15) is 28.6 Å². The Balaban J connectivity index is 2.04. The molecule has 1 amide bonds. The molecular formula is C23H21BrF2N2O5. The monoisotopic (exact) mass is 522 g/mol. The van der Waals surface area contributed by atoms with Crippen LogP contribution in [0.25, 0.3) is 5.69 Å². The van der Waals surface area contributed by atoms with Crippen LogP contribution in [0.5, 0.6) is 5.75 Å². The molecule has 2 aromatic carbocycles. The van der Waals surface area contributed by atoms with E-state index in [2.05, 4.69) is 21.2 Å². The lowest BCUT2D eigenvalue weighted by atomic mass is 10.0. The van der Waals surface area contributed by atoms with Gasteiger partial charge in [-0.2, -0.15) is 0 Å². The Labute approximate surface area is 196 Å². The number of pyridine rings is 1. The van der Waals surface area contributed by atoms with Crippen LogP contribution in [-0.4, -0.2) is 34.3 Å². The normalized spacial score (nSPS) is 11.8. The highest BCUT2D eigenvalue weighted by Gasteiger charge is 2.20. The molecule has 0 aliphatic carbocycles. The Hall–Kier alpha value is -3.08. The first-order chi connectivity index (χ1) is 15.7. The molecule has 1 heterocycles. The number of aromatic nitrogens is 1. The molecule has 0 saturated carbocycles. The van der Waals surface area contributed by atoms with Gasteiger partial charge in [0.15, 0.2) is 0 Å². The predicted molar refractivity (Wildman–Crippen MR) is 121 cm³/mol. The number of aliphatic hydroxyl groups excluding tert-OH is 2. The van der Waals surface area contributed by atoms with Crippen molar-refractivity contribution in [2.24, 2.45) is 0 Å². The molecule has 0 saturated heterocycles. The number of aryl methyl sites for hydroxylation is 1. The molecule has 10 heteroatoms. The van der Waals surface area contributed by atoms with Gasteiger partial charge in [-0.15, -0.1) is 0 Å². The fourth-order valence-corrected chi connectivity index (χ4v) is 3.66. The summed E-state index contributed by atoms with van der Waals surface area (Å²) in [6, 6.07) is 9.04. The molecule has 1 aromatic heterocycles. The van der Waals surface area contributed by atoms with Gasteiger partial charge in [0.2, 0.25) is 0 Å². The minimum Gasteiger partial charge on any atom is -0.487 e. The zero-order valence-electron chi connectivity index (χ0n) is 17.7. The highest BCUT2D eigenvalue weighted by molar-refractivity contribution is 9.10. The highest BCUT2D eigenvalue weighted by atomic mass is 79.9. The third-order valence-corrected chi connectivity index (χ3v) is 5.72. The van der Waals surface area contributed by atoms with Gasteiger partial charge in [0.1, 0.15) is 34.6 Å². The molecule has 1 unspecified atom stereocenters. The van der Waals surface area contributed by atoms with E-state index in [0.29, 0.717) is 11.3 Å². The number of halogens is 3. The van der Waals surface area contributed by atoms with Crippen LogP contribution in [0.3, 0.4) is 0 Å². The standard InChI is InChI=1S/C23H21BrF2N2O5/c1-12-7-20(33-11-14-3-5-15(25)9-17(14)26)21(24)23(32)28(12)18-6-4-13(19(30)10-29)8-16(18)22(31)27-2/h3-9,19,29-30H,10-11H2,1-2H3,(H,27,31). The Bertz CT molecular complexity index is 1260. The minimum absolute atomic E-state index is 0.0398. The largest absolute Gasteiger partial charge is 0.487 e. The molecule has 0 spiro atoms. The number of amides is 1. The van der Waals surface area contributed by atoms with Crippen molar-refractivity contribution < 1.29 is 28.5 Å². The van der Waals surface area contributed by atoms with Gasteiger partial charge in [-0.05, 0) is 52.7 Å². The molecule has 3 aromatic rings. The smallest absolute Gasteiger partial charge is 0.273 e. The summed E-state index contributed by atoms with van der Waals surface area (Å²) in [4.78, 5) is 25.7. The second-order valence-corrected chi connectivity index (χ2v) is 7.98. The van der Waals surface area contributed by atoms with Crippen LogP contribution < -0.4 is 15.6 Å². The first-order valence-electron chi connectivity index (χ1n) is 9.82. The van der Waals surface area contributed by atoms with Gasteiger partial charge in [-0.25, -0.2) is 8.78 Å². The van der Waals surface area contributed by atoms with Crippen LogP contribution >= 0.6 is 15.9 Å². The summed E-state index contributed by atoms with van der Waals surface area (Å²) in [5, 5.41) is 21.6. The van der Waals surface area contributed by atoms with Gasteiger partial charge in [-0.3, -0.25) is 14.2 Å². The second-order valence-electron chi connectivity index (χ2n) is 7.18. The van der Waals surface area contributed by atoms with E-state index in [-0.39, 0.29) is 33.6 Å². The summed E-state index contributed by atoms with van der Waals surface area (Å²) in [6.45, 7) is 0.867. The average Bonchev–Trinajstić information content (AvgIpc) is 2.80. The van der Waals surface area contributed by atoms with Crippen LogP contribution in [0, 0.1) is 18.6 Å². The molecule has 0 radical (unpaired) electrons. The molecule has 3 rings (SSSR count). The molecule has 0 fully saturated rings. The number of rotatable bonds is 7. The number of benzene rings is 2. The molecular weight excluding hydrogens is 502 g/mol. The molecule has 0 bridgehead atoms. The topological polar surface area (TPSA) is 101 Å². The molecule has 1 atom stereocenters. The van der Waals surface area contributed by atoms with Gasteiger partial charge in [0.25, 0.3) is 11.5 Å². The lowest BCUT2D eigenvalue weighted by Crippen LogP contribution is -2.27. The molecule has 7 nitrogen and oxygen atoms in total. The first-order valence-corrected chi connectivity index (χ1v) is 10.6. The van der Waals surface area contributed by atoms with E-state index in [0.717, 1.165) is 12.1 Å². The second kappa shape index (κ2) is 10.2. The van der Waals surface area contributed by atoms with E-state index < -0.39 is 35.8 Å². The van der Waals surface area contributed by atoms with Gasteiger partial charge < -0.3 is 20.3 Å². The summed E-state index contributed by atoms with van der Waals surface area (Å²) >= 11 is 3.21.